The predicted molar refractivity (Wildman–Crippen MR) is 316 cm³/mol. The van der Waals surface area contributed by atoms with Crippen LogP contribution >= 0.6 is 0 Å². The molecule has 1 atom stereocenters. The summed E-state index contributed by atoms with van der Waals surface area (Å²) in [5.41, 5.74) is 0. The molecule has 418 valence electrons. The highest BCUT2D eigenvalue weighted by Gasteiger charge is 2.19. The van der Waals surface area contributed by atoms with Gasteiger partial charge in [0.1, 0.15) is 13.2 Å². The van der Waals surface area contributed by atoms with Gasteiger partial charge in [0.15, 0.2) is 6.10 Å². The summed E-state index contributed by atoms with van der Waals surface area (Å²) in [6.45, 7) is 6.48. The average molecular weight is 1020 g/mol. The third-order valence-electron chi connectivity index (χ3n) is 13.1. The number of ether oxygens (including phenoxy) is 3. The molecule has 0 heterocycles. The van der Waals surface area contributed by atoms with Crippen molar-refractivity contribution in [3.05, 3.63) is 97.2 Å². The van der Waals surface area contributed by atoms with Crippen molar-refractivity contribution in [2.45, 2.75) is 297 Å². The maximum absolute atomic E-state index is 12.8. The van der Waals surface area contributed by atoms with E-state index in [1.807, 2.05) is 0 Å². The van der Waals surface area contributed by atoms with Gasteiger partial charge in [0, 0.05) is 19.3 Å². The minimum absolute atomic E-state index is 0.0790. The second-order valence-corrected chi connectivity index (χ2v) is 20.2. The molecule has 0 fully saturated rings. The quantitative estimate of drug-likeness (QED) is 0.0261. The molecule has 0 aromatic carbocycles. The van der Waals surface area contributed by atoms with Crippen molar-refractivity contribution < 1.29 is 28.6 Å². The van der Waals surface area contributed by atoms with Gasteiger partial charge in [-0.2, -0.15) is 0 Å². The lowest BCUT2D eigenvalue weighted by Crippen LogP contribution is -2.30. The molecule has 6 nitrogen and oxygen atoms in total. The van der Waals surface area contributed by atoms with Crippen LogP contribution in [0.1, 0.15) is 290 Å². The minimum Gasteiger partial charge on any atom is -0.462 e. The van der Waals surface area contributed by atoms with Crippen LogP contribution in [0.3, 0.4) is 0 Å². The molecular formula is C67H114O6. The van der Waals surface area contributed by atoms with Crippen molar-refractivity contribution in [1.82, 2.24) is 0 Å². The summed E-state index contributed by atoms with van der Waals surface area (Å²) in [6.07, 6.45) is 81.5. The molecule has 0 radical (unpaired) electrons. The van der Waals surface area contributed by atoms with Crippen molar-refractivity contribution in [2.75, 3.05) is 13.2 Å². The summed E-state index contributed by atoms with van der Waals surface area (Å²) in [5, 5.41) is 0. The van der Waals surface area contributed by atoms with E-state index in [2.05, 4.69) is 118 Å². The molecule has 73 heavy (non-hydrogen) atoms. The molecule has 0 amide bonds. The maximum Gasteiger partial charge on any atom is 0.306 e. The van der Waals surface area contributed by atoms with Gasteiger partial charge in [0.2, 0.25) is 0 Å². The molecule has 0 aliphatic carbocycles. The van der Waals surface area contributed by atoms with Crippen LogP contribution in [0.4, 0.5) is 0 Å². The molecule has 0 aromatic rings. The van der Waals surface area contributed by atoms with Crippen molar-refractivity contribution in [2.24, 2.45) is 0 Å². The SMILES string of the molecule is CC/C=C\C/C=C\C/C=C\C/C=C\C/C=C\C/C=C\C/C=C\CCCCCCCCCCCCCC(=O)OCC(COC(=O)CCCCCCCCC)OC(=O)CCCCCCC/C=C\CCCCCCCC. The van der Waals surface area contributed by atoms with Crippen molar-refractivity contribution >= 4 is 17.9 Å². The van der Waals surface area contributed by atoms with E-state index in [1.165, 1.54) is 135 Å². The third-order valence-corrected chi connectivity index (χ3v) is 13.1. The van der Waals surface area contributed by atoms with Gasteiger partial charge in [0.25, 0.3) is 0 Å². The smallest absolute Gasteiger partial charge is 0.306 e. The van der Waals surface area contributed by atoms with Crippen LogP contribution in [0, 0.1) is 0 Å². The van der Waals surface area contributed by atoms with E-state index >= 15 is 0 Å². The van der Waals surface area contributed by atoms with E-state index in [4.69, 9.17) is 14.2 Å². The highest BCUT2D eigenvalue weighted by atomic mass is 16.6. The lowest BCUT2D eigenvalue weighted by Gasteiger charge is -2.18. The van der Waals surface area contributed by atoms with E-state index in [-0.39, 0.29) is 31.1 Å². The molecule has 0 aliphatic rings. The molecule has 0 rings (SSSR count). The van der Waals surface area contributed by atoms with Crippen molar-refractivity contribution in [1.29, 1.82) is 0 Å². The normalized spacial score (nSPS) is 12.8. The lowest BCUT2D eigenvalue weighted by molar-refractivity contribution is -0.167. The maximum atomic E-state index is 12.8. The van der Waals surface area contributed by atoms with E-state index < -0.39 is 6.10 Å². The van der Waals surface area contributed by atoms with Crippen LogP contribution in [-0.2, 0) is 28.6 Å². The van der Waals surface area contributed by atoms with E-state index in [0.717, 1.165) is 116 Å². The Morgan fingerprint density at radius 3 is 0.849 bits per heavy atom. The molecule has 0 spiro atoms. The van der Waals surface area contributed by atoms with Crippen LogP contribution in [-0.4, -0.2) is 37.2 Å². The number of hydrogen-bond acceptors (Lipinski definition) is 6. The number of rotatable bonds is 55. The molecule has 0 aromatic heterocycles. The first-order valence-corrected chi connectivity index (χ1v) is 30.7. The van der Waals surface area contributed by atoms with Gasteiger partial charge in [-0.15, -0.1) is 0 Å². The Labute approximate surface area is 451 Å². The summed E-state index contributed by atoms with van der Waals surface area (Å²) in [6, 6.07) is 0. The molecule has 0 saturated carbocycles. The zero-order chi connectivity index (χ0) is 52.9. The summed E-state index contributed by atoms with van der Waals surface area (Å²) in [5.74, 6) is -0.892. The molecule has 6 heteroatoms. The van der Waals surface area contributed by atoms with Gasteiger partial charge in [-0.1, -0.05) is 266 Å². The van der Waals surface area contributed by atoms with Crippen LogP contribution < -0.4 is 0 Å². The standard InChI is InChI=1S/C67H114O6/c1-4-7-10-13-16-18-20-22-24-25-26-27-28-29-30-31-32-33-34-35-36-37-38-39-40-41-43-44-46-48-51-54-57-60-66(69)72-63-64(62-71-65(68)59-56-53-50-15-12-9-6-3)73-67(70)61-58-55-52-49-47-45-42-23-21-19-17-14-11-8-5-2/h7,10,16,18,22-24,26-27,29-30,32-33,35-36,42,64H,4-6,8-9,11-15,17,19-21,25,28,31,34,37-41,43-63H2,1-3H3/b10-7-,18-16-,24-22-,27-26-,30-29-,33-32-,36-35-,42-23-. The highest BCUT2D eigenvalue weighted by Crippen LogP contribution is 2.15. The van der Waals surface area contributed by atoms with Crippen molar-refractivity contribution in [3.8, 4) is 0 Å². The van der Waals surface area contributed by atoms with Crippen LogP contribution in [0.15, 0.2) is 97.2 Å². The van der Waals surface area contributed by atoms with Crippen LogP contribution in [0.5, 0.6) is 0 Å². The first kappa shape index (κ1) is 69.3. The van der Waals surface area contributed by atoms with Crippen LogP contribution in [0.25, 0.3) is 0 Å². The van der Waals surface area contributed by atoms with Gasteiger partial charge in [0.05, 0.1) is 0 Å². The summed E-state index contributed by atoms with van der Waals surface area (Å²) < 4.78 is 16.8. The second-order valence-electron chi connectivity index (χ2n) is 20.2. The number of hydrogen-bond donors (Lipinski definition) is 0. The number of allylic oxidation sites excluding steroid dienone is 16. The molecular weight excluding hydrogens is 901 g/mol. The van der Waals surface area contributed by atoms with E-state index in [1.54, 1.807) is 0 Å². The van der Waals surface area contributed by atoms with Gasteiger partial charge in [-0.3, -0.25) is 14.4 Å². The van der Waals surface area contributed by atoms with Gasteiger partial charge < -0.3 is 14.2 Å². The largest absolute Gasteiger partial charge is 0.462 e. The number of carbonyl (C=O) groups excluding carboxylic acids is 3. The highest BCUT2D eigenvalue weighted by molar-refractivity contribution is 5.71. The average Bonchev–Trinajstić information content (AvgIpc) is 3.39. The minimum atomic E-state index is -0.779. The van der Waals surface area contributed by atoms with Crippen LogP contribution in [0.2, 0.25) is 0 Å². The Kier molecular flexibility index (Phi) is 57.8. The fourth-order valence-corrected chi connectivity index (χ4v) is 8.48. The zero-order valence-corrected chi connectivity index (χ0v) is 47.9. The van der Waals surface area contributed by atoms with Gasteiger partial charge in [-0.05, 0) is 103 Å². The topological polar surface area (TPSA) is 78.9 Å². The van der Waals surface area contributed by atoms with E-state index in [9.17, 15) is 14.4 Å². The summed E-state index contributed by atoms with van der Waals surface area (Å²) in [7, 11) is 0. The Bertz CT molecular complexity index is 1440. The Morgan fingerprint density at radius 2 is 0.534 bits per heavy atom. The molecule has 0 aliphatic heterocycles. The Hall–Kier alpha value is -3.67. The zero-order valence-electron chi connectivity index (χ0n) is 47.9. The second kappa shape index (κ2) is 60.9. The molecule has 1 unspecified atom stereocenters. The third kappa shape index (κ3) is 59.1. The fourth-order valence-electron chi connectivity index (χ4n) is 8.48. The molecule has 0 saturated heterocycles. The lowest BCUT2D eigenvalue weighted by atomic mass is 10.0. The van der Waals surface area contributed by atoms with E-state index in [0.29, 0.717) is 19.3 Å². The first-order valence-electron chi connectivity index (χ1n) is 30.7. The Balaban J connectivity index is 4.09. The van der Waals surface area contributed by atoms with Gasteiger partial charge >= 0.3 is 17.9 Å². The monoisotopic (exact) mass is 1010 g/mol. The Morgan fingerprint density at radius 1 is 0.288 bits per heavy atom. The van der Waals surface area contributed by atoms with Crippen molar-refractivity contribution in [3.63, 3.8) is 0 Å². The fraction of sp³-hybridized carbons (Fsp3) is 0.716. The molecule has 0 bridgehead atoms. The number of carbonyl (C=O) groups is 3. The van der Waals surface area contributed by atoms with Gasteiger partial charge in [-0.25, -0.2) is 0 Å². The molecule has 0 N–H and O–H groups in total. The summed E-state index contributed by atoms with van der Waals surface area (Å²) in [4.78, 5) is 38.0. The number of unbranched alkanes of at least 4 members (excludes halogenated alkanes) is 28. The number of esters is 3. The predicted octanol–water partition coefficient (Wildman–Crippen LogP) is 20.9. The first-order chi connectivity index (χ1) is 36.0. The summed E-state index contributed by atoms with van der Waals surface area (Å²) >= 11 is 0.